The van der Waals surface area contributed by atoms with Crippen molar-refractivity contribution in [1.82, 2.24) is 9.97 Å². The number of anilines is 2. The second-order valence-electron chi connectivity index (χ2n) is 4.88. The van der Waals surface area contributed by atoms with E-state index in [0.717, 1.165) is 26.9 Å². The van der Waals surface area contributed by atoms with Crippen LogP contribution < -0.4 is 5.32 Å². The fourth-order valence-electron chi connectivity index (χ4n) is 2.31. The van der Waals surface area contributed by atoms with E-state index in [0.29, 0.717) is 0 Å². The molecular weight excluding hydrogens is 314 g/mol. The lowest BCUT2D eigenvalue weighted by Gasteiger charge is -2.10. The molecule has 0 fully saturated rings. The first-order chi connectivity index (χ1) is 9.61. The summed E-state index contributed by atoms with van der Waals surface area (Å²) in [7, 11) is 0. The number of pyridine rings is 2. The Morgan fingerprint density at radius 1 is 1.00 bits per heavy atom. The average Bonchev–Trinajstić information content (AvgIpc) is 2.37. The molecule has 0 unspecified atom stereocenters. The van der Waals surface area contributed by atoms with Gasteiger partial charge in [0.1, 0.15) is 5.52 Å². The van der Waals surface area contributed by atoms with Crippen molar-refractivity contribution in [3.8, 4) is 0 Å². The third kappa shape index (κ3) is 2.65. The summed E-state index contributed by atoms with van der Waals surface area (Å²) in [4.78, 5) is 8.80. The Hall–Kier alpha value is -1.94. The minimum atomic E-state index is 0.869. The van der Waals surface area contributed by atoms with Crippen LogP contribution in [0.5, 0.6) is 0 Å². The molecule has 0 spiro atoms. The molecule has 0 saturated carbocycles. The number of nitrogens with one attached hydrogen (secondary N) is 1. The molecule has 3 rings (SSSR count). The lowest BCUT2D eigenvalue weighted by Crippen LogP contribution is -1.95. The van der Waals surface area contributed by atoms with Gasteiger partial charge in [-0.1, -0.05) is 6.07 Å². The predicted molar refractivity (Wildman–Crippen MR) is 86.4 cm³/mol. The van der Waals surface area contributed by atoms with Crippen molar-refractivity contribution in [2.75, 3.05) is 5.32 Å². The molecule has 2 aromatic heterocycles. The number of aryl methyl sites for hydroxylation is 2. The second kappa shape index (κ2) is 5.21. The maximum absolute atomic E-state index is 4.45. The summed E-state index contributed by atoms with van der Waals surface area (Å²) in [6.07, 6.45) is 3.58. The highest BCUT2D eigenvalue weighted by molar-refractivity contribution is 9.10. The van der Waals surface area contributed by atoms with Crippen molar-refractivity contribution in [2.24, 2.45) is 0 Å². The highest BCUT2D eigenvalue weighted by Crippen LogP contribution is 2.26. The van der Waals surface area contributed by atoms with Crippen molar-refractivity contribution in [3.05, 3.63) is 58.3 Å². The fourth-order valence-corrected chi connectivity index (χ4v) is 2.63. The molecule has 0 atom stereocenters. The van der Waals surface area contributed by atoms with Crippen molar-refractivity contribution < 1.29 is 0 Å². The number of hydrogen-bond acceptors (Lipinski definition) is 3. The van der Waals surface area contributed by atoms with E-state index >= 15 is 0 Å². The van der Waals surface area contributed by atoms with Crippen LogP contribution in [0.15, 0.2) is 47.2 Å². The summed E-state index contributed by atoms with van der Waals surface area (Å²) in [6.45, 7) is 4.19. The van der Waals surface area contributed by atoms with E-state index in [-0.39, 0.29) is 0 Å². The van der Waals surface area contributed by atoms with E-state index in [1.54, 1.807) is 12.4 Å². The average molecular weight is 328 g/mol. The summed E-state index contributed by atoms with van der Waals surface area (Å²) in [5.41, 5.74) is 6.25. The number of aromatic nitrogens is 2. The summed E-state index contributed by atoms with van der Waals surface area (Å²) in [5.74, 6) is 0. The normalized spacial score (nSPS) is 10.8. The fraction of sp³-hybridized carbons (Fsp3) is 0.125. The molecule has 4 heteroatoms. The van der Waals surface area contributed by atoms with Crippen LogP contribution in [0.2, 0.25) is 0 Å². The van der Waals surface area contributed by atoms with Crippen molar-refractivity contribution in [2.45, 2.75) is 13.8 Å². The Kier molecular flexibility index (Phi) is 3.40. The predicted octanol–water partition coefficient (Wildman–Crippen LogP) is 4.75. The Labute approximate surface area is 126 Å². The van der Waals surface area contributed by atoms with Crippen LogP contribution in [0.3, 0.4) is 0 Å². The SMILES string of the molecule is Cc1cc(C)cc(Nc2ccnc3cc(Br)cnc23)c1. The number of hydrogen-bond donors (Lipinski definition) is 1. The first-order valence-electron chi connectivity index (χ1n) is 6.37. The molecule has 100 valence electrons. The summed E-state index contributed by atoms with van der Waals surface area (Å²) >= 11 is 3.42. The van der Waals surface area contributed by atoms with Crippen LogP contribution in [0.4, 0.5) is 11.4 Å². The number of rotatable bonds is 2. The van der Waals surface area contributed by atoms with Crippen molar-refractivity contribution >= 4 is 38.3 Å². The molecule has 20 heavy (non-hydrogen) atoms. The van der Waals surface area contributed by atoms with Crippen LogP contribution in [0.1, 0.15) is 11.1 Å². The smallest absolute Gasteiger partial charge is 0.112 e. The van der Waals surface area contributed by atoms with Gasteiger partial charge in [0, 0.05) is 22.6 Å². The lowest BCUT2D eigenvalue weighted by molar-refractivity contribution is 1.31. The molecule has 1 aromatic carbocycles. The first-order valence-corrected chi connectivity index (χ1v) is 7.17. The van der Waals surface area contributed by atoms with Crippen LogP contribution in [-0.4, -0.2) is 9.97 Å². The Morgan fingerprint density at radius 2 is 1.75 bits per heavy atom. The Bertz CT molecular complexity index is 764. The molecule has 1 N–H and O–H groups in total. The highest BCUT2D eigenvalue weighted by atomic mass is 79.9. The number of halogens is 1. The van der Waals surface area contributed by atoms with E-state index in [4.69, 9.17) is 0 Å². The van der Waals surface area contributed by atoms with Crippen LogP contribution >= 0.6 is 15.9 Å². The monoisotopic (exact) mass is 327 g/mol. The molecule has 2 heterocycles. The van der Waals surface area contributed by atoms with E-state index < -0.39 is 0 Å². The zero-order chi connectivity index (χ0) is 14.1. The van der Waals surface area contributed by atoms with Gasteiger partial charge in [0.25, 0.3) is 0 Å². The zero-order valence-electron chi connectivity index (χ0n) is 11.3. The van der Waals surface area contributed by atoms with E-state index in [9.17, 15) is 0 Å². The molecule has 0 radical (unpaired) electrons. The van der Waals surface area contributed by atoms with E-state index in [1.807, 2.05) is 12.1 Å². The van der Waals surface area contributed by atoms with Gasteiger partial charge in [-0.05, 0) is 65.2 Å². The van der Waals surface area contributed by atoms with Crippen molar-refractivity contribution in [3.63, 3.8) is 0 Å². The summed E-state index contributed by atoms with van der Waals surface area (Å²) < 4.78 is 0.932. The molecular formula is C16H14BrN3. The maximum Gasteiger partial charge on any atom is 0.112 e. The summed E-state index contributed by atoms with van der Waals surface area (Å²) in [6, 6.07) is 10.3. The van der Waals surface area contributed by atoms with Gasteiger partial charge >= 0.3 is 0 Å². The van der Waals surface area contributed by atoms with Gasteiger partial charge in [0.2, 0.25) is 0 Å². The minimum Gasteiger partial charge on any atom is -0.354 e. The first kappa shape index (κ1) is 13.1. The van der Waals surface area contributed by atoms with Crippen molar-refractivity contribution in [1.29, 1.82) is 0 Å². The zero-order valence-corrected chi connectivity index (χ0v) is 12.9. The van der Waals surface area contributed by atoms with Crippen LogP contribution in [0, 0.1) is 13.8 Å². The molecule has 3 nitrogen and oxygen atoms in total. The van der Waals surface area contributed by atoms with Gasteiger partial charge in [-0.2, -0.15) is 0 Å². The van der Waals surface area contributed by atoms with E-state index in [2.05, 4.69) is 63.3 Å². The molecule has 0 amide bonds. The molecule has 3 aromatic rings. The van der Waals surface area contributed by atoms with Gasteiger partial charge in [-0.3, -0.25) is 9.97 Å². The Balaban J connectivity index is 2.06. The highest BCUT2D eigenvalue weighted by Gasteiger charge is 2.05. The van der Waals surface area contributed by atoms with Gasteiger partial charge in [0.05, 0.1) is 11.2 Å². The number of fused-ring (bicyclic) bond motifs is 1. The minimum absolute atomic E-state index is 0.869. The van der Waals surface area contributed by atoms with Gasteiger partial charge in [0.15, 0.2) is 0 Å². The number of nitrogens with zero attached hydrogens (tertiary/aromatic N) is 2. The molecule has 0 aliphatic rings. The van der Waals surface area contributed by atoms with Gasteiger partial charge in [-0.25, -0.2) is 0 Å². The van der Waals surface area contributed by atoms with Gasteiger partial charge in [-0.15, -0.1) is 0 Å². The van der Waals surface area contributed by atoms with Crippen LogP contribution in [0.25, 0.3) is 11.0 Å². The molecule has 0 saturated heterocycles. The van der Waals surface area contributed by atoms with Crippen LogP contribution in [-0.2, 0) is 0 Å². The third-order valence-corrected chi connectivity index (χ3v) is 3.48. The quantitative estimate of drug-likeness (QED) is 0.737. The topological polar surface area (TPSA) is 37.8 Å². The van der Waals surface area contributed by atoms with Gasteiger partial charge < -0.3 is 5.32 Å². The molecule has 0 aliphatic carbocycles. The largest absolute Gasteiger partial charge is 0.354 e. The Morgan fingerprint density at radius 3 is 2.50 bits per heavy atom. The second-order valence-corrected chi connectivity index (χ2v) is 5.80. The molecule has 0 bridgehead atoms. The third-order valence-electron chi connectivity index (χ3n) is 3.04. The number of benzene rings is 1. The summed E-state index contributed by atoms with van der Waals surface area (Å²) in [5, 5.41) is 3.43. The standard InChI is InChI=1S/C16H14BrN3/c1-10-5-11(2)7-13(6-10)20-14-3-4-18-15-8-12(17)9-19-16(14)15/h3-9H,1-2H3,(H,18,20). The maximum atomic E-state index is 4.45. The van der Waals surface area contributed by atoms with E-state index in [1.165, 1.54) is 11.1 Å². The molecule has 0 aliphatic heterocycles. The lowest BCUT2D eigenvalue weighted by atomic mass is 10.1.